The lowest BCUT2D eigenvalue weighted by Gasteiger charge is -2.32. The summed E-state index contributed by atoms with van der Waals surface area (Å²) in [4.78, 5) is 4.81. The van der Waals surface area contributed by atoms with Crippen LogP contribution in [0.3, 0.4) is 0 Å². The highest BCUT2D eigenvalue weighted by Gasteiger charge is 2.33. The zero-order valence-corrected chi connectivity index (χ0v) is 29.6. The molecule has 1 nitrogen and oxygen atoms in total. The fourth-order valence-electron chi connectivity index (χ4n) is 6.87. The van der Waals surface area contributed by atoms with Crippen LogP contribution in [-0.4, -0.2) is 11.7 Å². The zero-order valence-electron chi connectivity index (χ0n) is 29.6. The molecule has 0 saturated carbocycles. The third-order valence-electron chi connectivity index (χ3n) is 9.43. The van der Waals surface area contributed by atoms with Gasteiger partial charge in [0.2, 0.25) is 6.71 Å². The van der Waals surface area contributed by atoms with Gasteiger partial charge in [-0.25, -0.2) is 0 Å². The average Bonchev–Trinajstić information content (AvgIpc) is 2.99. The van der Waals surface area contributed by atoms with E-state index in [2.05, 4.69) is 144 Å². The van der Waals surface area contributed by atoms with E-state index in [1.54, 1.807) is 10.9 Å². The quantitative estimate of drug-likeness (QED) is 0.160. The Hall–Kier alpha value is -3.13. The van der Waals surface area contributed by atoms with E-state index in [1.807, 2.05) is 12.3 Å². The van der Waals surface area contributed by atoms with E-state index >= 15 is 0 Å². The van der Waals surface area contributed by atoms with Gasteiger partial charge in [0.15, 0.2) is 0 Å². The second-order valence-electron chi connectivity index (χ2n) is 14.8. The van der Waals surface area contributed by atoms with E-state index in [9.17, 15) is 0 Å². The highest BCUT2D eigenvalue weighted by Crippen LogP contribution is 2.32. The van der Waals surface area contributed by atoms with Crippen LogP contribution in [0.15, 0.2) is 72.9 Å². The molecule has 0 aliphatic rings. The summed E-state index contributed by atoms with van der Waals surface area (Å²) in [5.74, 6) is 2.68. The molecule has 0 radical (unpaired) electrons. The van der Waals surface area contributed by atoms with E-state index in [1.165, 1.54) is 44.5 Å². The van der Waals surface area contributed by atoms with Crippen molar-refractivity contribution in [3.8, 4) is 11.3 Å². The Balaban J connectivity index is 2.16. The molecule has 0 N–H and O–H groups in total. The number of benzene rings is 3. The van der Waals surface area contributed by atoms with Crippen molar-refractivity contribution in [2.45, 2.75) is 125 Å². The summed E-state index contributed by atoms with van der Waals surface area (Å²) < 4.78 is 0. The molecule has 0 aliphatic heterocycles. The van der Waals surface area contributed by atoms with Crippen molar-refractivity contribution < 1.29 is 0 Å². The third-order valence-corrected chi connectivity index (χ3v) is 9.43. The molecular formula is C42H56BN. The van der Waals surface area contributed by atoms with Crippen LogP contribution in [-0.2, 0) is 6.32 Å². The first-order valence-corrected chi connectivity index (χ1v) is 17.2. The summed E-state index contributed by atoms with van der Waals surface area (Å²) in [5.41, 5.74) is 15.7. The molecule has 0 spiro atoms. The number of rotatable bonds is 11. The molecule has 232 valence electrons. The smallest absolute Gasteiger partial charge is 0.215 e. The SMILES string of the molecule is CC(C)c1cc(C(C)C)c(B(Cc2ccccc2-c2ccccn2)c2c(C(C)C)cc(C(C)C)cc2C(C)C)c(C(C)C)c1. The number of aromatic nitrogens is 1. The second-order valence-corrected chi connectivity index (χ2v) is 14.8. The van der Waals surface area contributed by atoms with E-state index < -0.39 is 0 Å². The van der Waals surface area contributed by atoms with Crippen LogP contribution in [0.25, 0.3) is 11.3 Å². The van der Waals surface area contributed by atoms with Crippen molar-refractivity contribution in [1.82, 2.24) is 4.98 Å². The van der Waals surface area contributed by atoms with Gasteiger partial charge < -0.3 is 0 Å². The van der Waals surface area contributed by atoms with Gasteiger partial charge in [-0.3, -0.25) is 4.98 Å². The zero-order chi connectivity index (χ0) is 32.3. The van der Waals surface area contributed by atoms with Gasteiger partial charge in [-0.2, -0.15) is 0 Å². The van der Waals surface area contributed by atoms with Crippen molar-refractivity contribution in [1.29, 1.82) is 0 Å². The van der Waals surface area contributed by atoms with Crippen molar-refractivity contribution >= 4 is 17.6 Å². The van der Waals surface area contributed by atoms with Gasteiger partial charge >= 0.3 is 0 Å². The highest BCUT2D eigenvalue weighted by molar-refractivity contribution is 6.86. The maximum absolute atomic E-state index is 4.81. The molecule has 2 heteroatoms. The average molecular weight is 586 g/mol. The predicted octanol–water partition coefficient (Wildman–Crippen LogP) is 10.9. The number of nitrogens with zero attached hydrogens (tertiary/aromatic N) is 1. The molecule has 4 rings (SSSR count). The molecule has 44 heavy (non-hydrogen) atoms. The van der Waals surface area contributed by atoms with Gasteiger partial charge in [0.05, 0.1) is 5.69 Å². The summed E-state index contributed by atoms with van der Waals surface area (Å²) >= 11 is 0. The van der Waals surface area contributed by atoms with Crippen molar-refractivity contribution in [3.05, 3.63) is 112 Å². The summed E-state index contributed by atoms with van der Waals surface area (Å²) in [5, 5.41) is 0. The maximum Gasteiger partial charge on any atom is 0.215 e. The lowest BCUT2D eigenvalue weighted by Crippen LogP contribution is -2.51. The van der Waals surface area contributed by atoms with Crippen LogP contribution in [0, 0.1) is 0 Å². The number of hydrogen-bond acceptors (Lipinski definition) is 1. The molecule has 1 heterocycles. The fraction of sp³-hybridized carbons (Fsp3) is 0.452. The van der Waals surface area contributed by atoms with Crippen LogP contribution >= 0.6 is 0 Å². The van der Waals surface area contributed by atoms with Crippen LogP contribution < -0.4 is 10.9 Å². The molecule has 0 aliphatic carbocycles. The second kappa shape index (κ2) is 14.3. The predicted molar refractivity (Wildman–Crippen MR) is 196 cm³/mol. The Morgan fingerprint density at radius 3 is 1.27 bits per heavy atom. The van der Waals surface area contributed by atoms with E-state index in [0.717, 1.165) is 12.0 Å². The lowest BCUT2D eigenvalue weighted by atomic mass is 9.33. The van der Waals surface area contributed by atoms with Gasteiger partial charge in [0.25, 0.3) is 0 Å². The van der Waals surface area contributed by atoms with Crippen LogP contribution in [0.2, 0.25) is 0 Å². The number of hydrogen-bond donors (Lipinski definition) is 0. The maximum atomic E-state index is 4.81. The Labute approximate surface area is 270 Å². The standard InChI is InChI=1S/C42H56BN/c1-26(2)33-21-36(28(5)6)41(37(22-33)29(7)8)43(25-32-17-13-14-18-35(32)40-19-15-16-20-44-40)42-38(30(9)10)23-34(27(3)4)24-39(42)31(11)12/h13-24,26-31H,25H2,1-12H3. The molecule has 4 aromatic rings. The largest absolute Gasteiger partial charge is 0.256 e. The molecule has 0 amide bonds. The summed E-state index contributed by atoms with van der Waals surface area (Å²) in [6.07, 6.45) is 2.86. The summed E-state index contributed by atoms with van der Waals surface area (Å²) in [6.45, 7) is 28.7. The minimum absolute atomic E-state index is 0.229. The van der Waals surface area contributed by atoms with E-state index in [4.69, 9.17) is 4.98 Å². The third kappa shape index (κ3) is 7.22. The Kier molecular flexibility index (Phi) is 11.0. The summed E-state index contributed by atoms with van der Waals surface area (Å²) in [6, 6.07) is 25.4. The molecular weight excluding hydrogens is 529 g/mol. The van der Waals surface area contributed by atoms with Crippen molar-refractivity contribution in [2.75, 3.05) is 0 Å². The molecule has 0 saturated heterocycles. The first kappa shape index (κ1) is 33.8. The Morgan fingerprint density at radius 1 is 0.500 bits per heavy atom. The molecule has 1 aromatic heterocycles. The van der Waals surface area contributed by atoms with Crippen LogP contribution in [0.4, 0.5) is 0 Å². The van der Waals surface area contributed by atoms with Gasteiger partial charge in [0, 0.05) is 11.8 Å². The molecule has 0 fully saturated rings. The normalized spacial score (nSPS) is 12.0. The van der Waals surface area contributed by atoms with Crippen molar-refractivity contribution in [2.24, 2.45) is 0 Å². The van der Waals surface area contributed by atoms with Gasteiger partial charge in [-0.05, 0) is 92.9 Å². The minimum Gasteiger partial charge on any atom is -0.256 e. The van der Waals surface area contributed by atoms with Gasteiger partial charge in [-0.1, -0.05) is 149 Å². The molecule has 0 unspecified atom stereocenters. The minimum atomic E-state index is 0.229. The highest BCUT2D eigenvalue weighted by atomic mass is 14.7. The first-order valence-electron chi connectivity index (χ1n) is 17.2. The monoisotopic (exact) mass is 585 g/mol. The van der Waals surface area contributed by atoms with Gasteiger partial charge in [-0.15, -0.1) is 0 Å². The van der Waals surface area contributed by atoms with E-state index in [-0.39, 0.29) is 6.71 Å². The number of pyridine rings is 1. The molecule has 0 atom stereocenters. The summed E-state index contributed by atoms with van der Waals surface area (Å²) in [7, 11) is 0. The Bertz CT molecular complexity index is 1410. The molecule has 0 bridgehead atoms. The lowest BCUT2D eigenvalue weighted by molar-refractivity contribution is 0.809. The Morgan fingerprint density at radius 2 is 0.909 bits per heavy atom. The van der Waals surface area contributed by atoms with Crippen molar-refractivity contribution in [3.63, 3.8) is 0 Å². The van der Waals surface area contributed by atoms with Gasteiger partial charge in [0.1, 0.15) is 0 Å². The fourth-order valence-corrected chi connectivity index (χ4v) is 6.87. The van der Waals surface area contributed by atoms with Crippen LogP contribution in [0.5, 0.6) is 0 Å². The topological polar surface area (TPSA) is 12.9 Å². The van der Waals surface area contributed by atoms with Crippen LogP contribution in [0.1, 0.15) is 158 Å². The first-order chi connectivity index (χ1) is 20.8. The molecule has 3 aromatic carbocycles. The van der Waals surface area contributed by atoms with E-state index in [0.29, 0.717) is 35.5 Å².